The molecule has 17 heavy (non-hydrogen) atoms. The van der Waals surface area contributed by atoms with E-state index in [1.165, 1.54) is 0 Å². The normalized spacial score (nSPS) is 22.8. The van der Waals surface area contributed by atoms with Gasteiger partial charge in [-0.05, 0) is 19.3 Å². The van der Waals surface area contributed by atoms with Gasteiger partial charge >= 0.3 is 0 Å². The van der Waals surface area contributed by atoms with Crippen LogP contribution in [0.1, 0.15) is 26.2 Å². The van der Waals surface area contributed by atoms with Crippen LogP contribution in [0.2, 0.25) is 0 Å². The van der Waals surface area contributed by atoms with E-state index >= 15 is 0 Å². The Morgan fingerprint density at radius 1 is 1.59 bits per heavy atom. The maximum atomic E-state index is 11.7. The van der Waals surface area contributed by atoms with E-state index in [-0.39, 0.29) is 5.25 Å². The number of nitrogens with one attached hydrogen (secondary N) is 1. The van der Waals surface area contributed by atoms with Crippen LogP contribution < -0.4 is 5.32 Å². The van der Waals surface area contributed by atoms with Crippen LogP contribution >= 0.6 is 0 Å². The molecule has 1 aromatic heterocycles. The van der Waals surface area contributed by atoms with Crippen molar-refractivity contribution in [3.63, 3.8) is 0 Å². The highest BCUT2D eigenvalue weighted by atomic mass is 32.2. The predicted molar refractivity (Wildman–Crippen MR) is 67.8 cm³/mol. The molecule has 0 amide bonds. The number of imidazole rings is 1. The lowest BCUT2D eigenvalue weighted by Gasteiger charge is -2.12. The largest absolute Gasteiger partial charge is 0.354 e. The Balaban J connectivity index is 1.96. The number of sulfone groups is 1. The standard InChI is InChI=1S/C11H19N3O2S/c1-2-6-14-7-5-12-11(14)13-9-10-4-3-8-17(10,15)16/h5,7,10H,2-4,6,8-9H2,1H3,(H,12,13). The van der Waals surface area contributed by atoms with Gasteiger partial charge in [-0.2, -0.15) is 0 Å². The van der Waals surface area contributed by atoms with E-state index in [0.29, 0.717) is 12.3 Å². The fraction of sp³-hybridized carbons (Fsp3) is 0.727. The minimum Gasteiger partial charge on any atom is -0.354 e. The van der Waals surface area contributed by atoms with Crippen molar-refractivity contribution in [3.05, 3.63) is 12.4 Å². The monoisotopic (exact) mass is 257 g/mol. The predicted octanol–water partition coefficient (Wildman–Crippen LogP) is 1.28. The Bertz CT molecular complexity index is 467. The van der Waals surface area contributed by atoms with Crippen LogP contribution in [-0.2, 0) is 16.4 Å². The van der Waals surface area contributed by atoms with Gasteiger partial charge in [0.25, 0.3) is 0 Å². The van der Waals surface area contributed by atoms with Gasteiger partial charge in [-0.1, -0.05) is 6.92 Å². The maximum Gasteiger partial charge on any atom is 0.202 e. The van der Waals surface area contributed by atoms with E-state index in [4.69, 9.17) is 0 Å². The average Bonchev–Trinajstić information content (AvgIpc) is 2.83. The fourth-order valence-electron chi connectivity index (χ4n) is 2.19. The second-order valence-electron chi connectivity index (χ2n) is 4.46. The topological polar surface area (TPSA) is 64.0 Å². The average molecular weight is 257 g/mol. The fourth-order valence-corrected chi connectivity index (χ4v) is 3.96. The molecule has 1 atom stereocenters. The molecule has 0 spiro atoms. The van der Waals surface area contributed by atoms with Crippen LogP contribution in [0, 0.1) is 0 Å². The van der Waals surface area contributed by atoms with Gasteiger partial charge in [0.05, 0.1) is 11.0 Å². The summed E-state index contributed by atoms with van der Waals surface area (Å²) in [4.78, 5) is 4.20. The second kappa shape index (κ2) is 5.08. The maximum absolute atomic E-state index is 11.7. The van der Waals surface area contributed by atoms with Crippen molar-refractivity contribution in [1.82, 2.24) is 9.55 Å². The summed E-state index contributed by atoms with van der Waals surface area (Å²) in [6.45, 7) is 3.48. The molecule has 1 aromatic rings. The number of hydrogen-bond acceptors (Lipinski definition) is 4. The summed E-state index contributed by atoms with van der Waals surface area (Å²) in [7, 11) is -2.86. The van der Waals surface area contributed by atoms with Gasteiger partial charge < -0.3 is 9.88 Å². The number of anilines is 1. The molecule has 1 N–H and O–H groups in total. The van der Waals surface area contributed by atoms with E-state index < -0.39 is 9.84 Å². The molecule has 1 aliphatic heterocycles. The number of aryl methyl sites for hydroxylation is 1. The summed E-state index contributed by atoms with van der Waals surface area (Å²) in [5, 5.41) is 2.91. The molecular weight excluding hydrogens is 238 g/mol. The lowest BCUT2D eigenvalue weighted by Crippen LogP contribution is -2.26. The molecule has 1 aliphatic rings. The molecule has 6 heteroatoms. The zero-order chi connectivity index (χ0) is 12.3. The van der Waals surface area contributed by atoms with Gasteiger partial charge in [-0.15, -0.1) is 0 Å². The molecule has 2 heterocycles. The van der Waals surface area contributed by atoms with Gasteiger partial charge in [-0.25, -0.2) is 13.4 Å². The smallest absolute Gasteiger partial charge is 0.202 e. The Kier molecular flexibility index (Phi) is 3.71. The third kappa shape index (κ3) is 2.80. The minimum atomic E-state index is -2.86. The number of aromatic nitrogens is 2. The first-order chi connectivity index (χ1) is 8.13. The lowest BCUT2D eigenvalue weighted by molar-refractivity contribution is 0.590. The molecule has 1 unspecified atom stereocenters. The lowest BCUT2D eigenvalue weighted by atomic mass is 10.2. The Morgan fingerprint density at radius 2 is 2.41 bits per heavy atom. The zero-order valence-corrected chi connectivity index (χ0v) is 10.9. The van der Waals surface area contributed by atoms with E-state index in [0.717, 1.165) is 31.8 Å². The molecule has 0 radical (unpaired) electrons. The molecular formula is C11H19N3O2S. The molecule has 1 fully saturated rings. The first-order valence-corrected chi connectivity index (χ1v) is 7.81. The summed E-state index contributed by atoms with van der Waals surface area (Å²) < 4.78 is 25.3. The quantitative estimate of drug-likeness (QED) is 0.863. The molecule has 96 valence electrons. The molecule has 5 nitrogen and oxygen atoms in total. The van der Waals surface area contributed by atoms with Crippen LogP contribution in [0.25, 0.3) is 0 Å². The Morgan fingerprint density at radius 3 is 3.06 bits per heavy atom. The van der Waals surface area contributed by atoms with Gasteiger partial charge in [0, 0.05) is 25.5 Å². The molecule has 2 rings (SSSR count). The SMILES string of the molecule is CCCn1ccnc1NCC1CCCS1(=O)=O. The molecule has 0 aromatic carbocycles. The van der Waals surface area contributed by atoms with Crippen molar-refractivity contribution in [2.45, 2.75) is 38.0 Å². The van der Waals surface area contributed by atoms with E-state index in [9.17, 15) is 8.42 Å². The van der Waals surface area contributed by atoms with Crippen molar-refractivity contribution < 1.29 is 8.42 Å². The van der Waals surface area contributed by atoms with E-state index in [1.54, 1.807) is 6.20 Å². The van der Waals surface area contributed by atoms with Gasteiger partial charge in [0.15, 0.2) is 9.84 Å². The zero-order valence-electron chi connectivity index (χ0n) is 10.1. The Labute approximate surface area is 102 Å². The summed E-state index contributed by atoms with van der Waals surface area (Å²) in [6, 6.07) is 0. The first kappa shape index (κ1) is 12.4. The summed E-state index contributed by atoms with van der Waals surface area (Å²) in [5.41, 5.74) is 0. The van der Waals surface area contributed by atoms with Gasteiger partial charge in [-0.3, -0.25) is 0 Å². The minimum absolute atomic E-state index is 0.241. The first-order valence-electron chi connectivity index (χ1n) is 6.10. The van der Waals surface area contributed by atoms with Gasteiger partial charge in [0.1, 0.15) is 0 Å². The third-order valence-electron chi connectivity index (χ3n) is 3.13. The molecule has 0 saturated carbocycles. The number of nitrogens with zero attached hydrogens (tertiary/aromatic N) is 2. The van der Waals surface area contributed by atoms with Crippen molar-refractivity contribution in [2.75, 3.05) is 17.6 Å². The summed E-state index contributed by atoms with van der Waals surface area (Å²) in [5.74, 6) is 1.11. The van der Waals surface area contributed by atoms with Crippen LogP contribution in [0.15, 0.2) is 12.4 Å². The third-order valence-corrected chi connectivity index (χ3v) is 5.41. The van der Waals surface area contributed by atoms with Crippen LogP contribution in [0.5, 0.6) is 0 Å². The molecule has 1 saturated heterocycles. The van der Waals surface area contributed by atoms with Crippen molar-refractivity contribution in [2.24, 2.45) is 0 Å². The number of rotatable bonds is 5. The molecule has 0 aliphatic carbocycles. The van der Waals surface area contributed by atoms with E-state index in [1.807, 2.05) is 10.8 Å². The van der Waals surface area contributed by atoms with E-state index in [2.05, 4.69) is 17.2 Å². The second-order valence-corrected chi connectivity index (χ2v) is 6.86. The van der Waals surface area contributed by atoms with Gasteiger partial charge in [0.2, 0.25) is 5.95 Å². The van der Waals surface area contributed by atoms with Crippen molar-refractivity contribution in [3.8, 4) is 0 Å². The number of hydrogen-bond donors (Lipinski definition) is 1. The van der Waals surface area contributed by atoms with Crippen LogP contribution in [0.4, 0.5) is 5.95 Å². The van der Waals surface area contributed by atoms with Crippen LogP contribution in [-0.4, -0.2) is 35.5 Å². The highest BCUT2D eigenvalue weighted by Gasteiger charge is 2.31. The highest BCUT2D eigenvalue weighted by Crippen LogP contribution is 2.20. The van der Waals surface area contributed by atoms with Crippen molar-refractivity contribution in [1.29, 1.82) is 0 Å². The summed E-state index contributed by atoms with van der Waals surface area (Å²) >= 11 is 0. The van der Waals surface area contributed by atoms with Crippen molar-refractivity contribution >= 4 is 15.8 Å². The highest BCUT2D eigenvalue weighted by molar-refractivity contribution is 7.92. The summed E-state index contributed by atoms with van der Waals surface area (Å²) in [6.07, 6.45) is 6.24. The Hall–Kier alpha value is -1.04. The van der Waals surface area contributed by atoms with Crippen LogP contribution in [0.3, 0.4) is 0 Å². The molecule has 0 bridgehead atoms.